The summed E-state index contributed by atoms with van der Waals surface area (Å²) in [5.74, 6) is -2.80. The lowest BCUT2D eigenvalue weighted by Crippen LogP contribution is -2.42. The number of carbonyl (C=O) groups is 2. The molecule has 0 fully saturated rings. The van der Waals surface area contributed by atoms with Gasteiger partial charge in [0.2, 0.25) is 0 Å². The topological polar surface area (TPSA) is 66.4 Å². The third-order valence-corrected chi connectivity index (χ3v) is 3.80. The van der Waals surface area contributed by atoms with Crippen LogP contribution in [0.3, 0.4) is 0 Å². The molecular formula is C18H13F6NO3. The zero-order valence-electron chi connectivity index (χ0n) is 13.9. The molecule has 2 aromatic rings. The van der Waals surface area contributed by atoms with Crippen molar-refractivity contribution in [1.82, 2.24) is 5.32 Å². The summed E-state index contributed by atoms with van der Waals surface area (Å²) in [5.41, 5.74) is -2.77. The van der Waals surface area contributed by atoms with Crippen molar-refractivity contribution < 1.29 is 41.0 Å². The van der Waals surface area contributed by atoms with Gasteiger partial charge in [0, 0.05) is 6.42 Å². The molecule has 0 aliphatic carbocycles. The van der Waals surface area contributed by atoms with E-state index in [1.165, 1.54) is 6.07 Å². The molecule has 2 aromatic carbocycles. The fraction of sp³-hybridized carbons (Fsp3) is 0.222. The number of benzene rings is 2. The van der Waals surface area contributed by atoms with Crippen LogP contribution in [0.4, 0.5) is 26.3 Å². The number of nitrogens with one attached hydrogen (secondary N) is 1. The first kappa shape index (κ1) is 21.3. The molecule has 0 spiro atoms. The second-order valence-corrected chi connectivity index (χ2v) is 5.81. The summed E-state index contributed by atoms with van der Waals surface area (Å²) in [6.45, 7) is 0. The van der Waals surface area contributed by atoms with Gasteiger partial charge in [-0.3, -0.25) is 4.79 Å². The van der Waals surface area contributed by atoms with E-state index in [1.54, 1.807) is 0 Å². The molecule has 0 bridgehead atoms. The van der Waals surface area contributed by atoms with Crippen molar-refractivity contribution in [3.8, 4) is 0 Å². The maximum atomic E-state index is 13.0. The molecule has 0 saturated heterocycles. The van der Waals surface area contributed by atoms with Crippen molar-refractivity contribution >= 4 is 11.9 Å². The van der Waals surface area contributed by atoms with Crippen molar-refractivity contribution in [3.05, 3.63) is 70.8 Å². The van der Waals surface area contributed by atoms with Gasteiger partial charge >= 0.3 is 18.3 Å². The molecule has 1 amide bonds. The van der Waals surface area contributed by atoms with Crippen molar-refractivity contribution in [2.24, 2.45) is 0 Å². The molecular weight excluding hydrogens is 392 g/mol. The van der Waals surface area contributed by atoms with E-state index in [-0.39, 0.29) is 5.56 Å². The number of amides is 1. The Morgan fingerprint density at radius 1 is 0.893 bits per heavy atom. The number of alkyl halides is 6. The predicted molar refractivity (Wildman–Crippen MR) is 85.5 cm³/mol. The van der Waals surface area contributed by atoms with E-state index in [0.29, 0.717) is 6.07 Å². The average molecular weight is 405 g/mol. The van der Waals surface area contributed by atoms with Gasteiger partial charge in [0.1, 0.15) is 6.04 Å². The van der Waals surface area contributed by atoms with E-state index in [1.807, 2.05) is 5.32 Å². The van der Waals surface area contributed by atoms with Crippen LogP contribution in [-0.4, -0.2) is 23.0 Å². The Bertz CT molecular complexity index is 859. The molecule has 1 atom stereocenters. The first-order chi connectivity index (χ1) is 12.9. The monoisotopic (exact) mass is 405 g/mol. The van der Waals surface area contributed by atoms with Crippen molar-refractivity contribution in [2.45, 2.75) is 24.8 Å². The highest BCUT2D eigenvalue weighted by Crippen LogP contribution is 2.32. The first-order valence-corrected chi connectivity index (χ1v) is 7.75. The van der Waals surface area contributed by atoms with Crippen LogP contribution in [0, 0.1) is 0 Å². The quantitative estimate of drug-likeness (QED) is 0.735. The summed E-state index contributed by atoms with van der Waals surface area (Å²) in [6.07, 6.45) is -9.80. The second kappa shape index (κ2) is 7.91. The maximum Gasteiger partial charge on any atom is 0.417 e. The number of hydrogen-bond acceptors (Lipinski definition) is 2. The number of rotatable bonds is 5. The van der Waals surface area contributed by atoms with Crippen molar-refractivity contribution in [2.75, 3.05) is 0 Å². The van der Waals surface area contributed by atoms with Gasteiger partial charge in [0.05, 0.1) is 16.7 Å². The van der Waals surface area contributed by atoms with E-state index >= 15 is 0 Å². The molecule has 0 aliphatic rings. The van der Waals surface area contributed by atoms with Crippen LogP contribution in [0.2, 0.25) is 0 Å². The minimum atomic E-state index is -4.82. The SMILES string of the molecule is O=C(N[C@H](Cc1ccc(C(F)(F)F)cc1)C(=O)O)c1ccccc1C(F)(F)F. The largest absolute Gasteiger partial charge is 0.480 e. The van der Waals surface area contributed by atoms with Gasteiger partial charge in [-0.05, 0) is 29.8 Å². The maximum absolute atomic E-state index is 13.0. The van der Waals surface area contributed by atoms with E-state index in [9.17, 15) is 41.0 Å². The summed E-state index contributed by atoms with van der Waals surface area (Å²) >= 11 is 0. The zero-order valence-corrected chi connectivity index (χ0v) is 13.9. The third kappa shape index (κ3) is 5.24. The van der Waals surface area contributed by atoms with Crippen LogP contribution in [0.25, 0.3) is 0 Å². The minimum absolute atomic E-state index is 0.157. The number of halogens is 6. The number of carboxylic acids is 1. The molecule has 28 heavy (non-hydrogen) atoms. The normalized spacial score (nSPS) is 13.1. The molecule has 0 aliphatic heterocycles. The Kier molecular flexibility index (Phi) is 6.01. The smallest absolute Gasteiger partial charge is 0.417 e. The molecule has 2 N–H and O–H groups in total. The summed E-state index contributed by atoms with van der Waals surface area (Å²) < 4.78 is 76.7. The van der Waals surface area contributed by atoms with Gasteiger partial charge in [-0.1, -0.05) is 24.3 Å². The summed E-state index contributed by atoms with van der Waals surface area (Å²) in [5, 5.41) is 11.2. The van der Waals surface area contributed by atoms with Gasteiger partial charge in [-0.15, -0.1) is 0 Å². The van der Waals surface area contributed by atoms with Gasteiger partial charge in [-0.25, -0.2) is 4.79 Å². The van der Waals surface area contributed by atoms with E-state index < -0.39 is 53.4 Å². The van der Waals surface area contributed by atoms with Crippen LogP contribution in [0.1, 0.15) is 27.0 Å². The molecule has 0 radical (unpaired) electrons. The van der Waals surface area contributed by atoms with E-state index in [4.69, 9.17) is 0 Å². The highest BCUT2D eigenvalue weighted by Gasteiger charge is 2.35. The van der Waals surface area contributed by atoms with Gasteiger partial charge in [0.25, 0.3) is 5.91 Å². The molecule has 0 saturated carbocycles. The lowest BCUT2D eigenvalue weighted by Gasteiger charge is -2.17. The highest BCUT2D eigenvalue weighted by atomic mass is 19.4. The highest BCUT2D eigenvalue weighted by molar-refractivity contribution is 5.98. The standard InChI is InChI=1S/C18H13F6NO3/c19-17(20,21)11-7-5-10(6-8-11)9-14(16(27)28)25-15(26)12-3-1-2-4-13(12)18(22,23)24/h1-8,14H,9H2,(H,25,26)(H,27,28)/t14-/m1/s1. The molecule has 0 unspecified atom stereocenters. The molecule has 10 heteroatoms. The summed E-state index contributed by atoms with van der Waals surface area (Å²) in [6, 6.07) is 5.78. The predicted octanol–water partition coefficient (Wildman–Crippen LogP) is 4.15. The lowest BCUT2D eigenvalue weighted by molar-refractivity contribution is -0.139. The Morgan fingerprint density at radius 2 is 1.46 bits per heavy atom. The molecule has 4 nitrogen and oxygen atoms in total. The summed E-state index contributed by atoms with van der Waals surface area (Å²) in [7, 11) is 0. The van der Waals surface area contributed by atoms with E-state index in [2.05, 4.69) is 0 Å². The van der Waals surface area contributed by atoms with Gasteiger partial charge < -0.3 is 10.4 Å². The Hall–Kier alpha value is -3.04. The lowest BCUT2D eigenvalue weighted by atomic mass is 10.0. The molecule has 0 aromatic heterocycles. The fourth-order valence-corrected chi connectivity index (χ4v) is 2.43. The Balaban J connectivity index is 2.20. The van der Waals surface area contributed by atoms with Crippen LogP contribution in [0.5, 0.6) is 0 Å². The van der Waals surface area contributed by atoms with Gasteiger partial charge in [0.15, 0.2) is 0 Å². The zero-order chi connectivity index (χ0) is 21.1. The number of aliphatic carboxylic acids is 1. The molecule has 150 valence electrons. The van der Waals surface area contributed by atoms with Crippen molar-refractivity contribution in [3.63, 3.8) is 0 Å². The first-order valence-electron chi connectivity index (χ1n) is 7.75. The molecule has 2 rings (SSSR count). The van der Waals surface area contributed by atoms with Crippen LogP contribution in [-0.2, 0) is 23.6 Å². The third-order valence-electron chi connectivity index (χ3n) is 3.80. The number of carbonyl (C=O) groups excluding carboxylic acids is 1. The average Bonchev–Trinajstić information content (AvgIpc) is 2.60. The van der Waals surface area contributed by atoms with Crippen molar-refractivity contribution in [1.29, 1.82) is 0 Å². The number of carboxylic acid groups (broad SMARTS) is 1. The van der Waals surface area contributed by atoms with Crippen LogP contribution >= 0.6 is 0 Å². The summed E-state index contributed by atoms with van der Waals surface area (Å²) in [4.78, 5) is 23.5. The minimum Gasteiger partial charge on any atom is -0.480 e. The van der Waals surface area contributed by atoms with Gasteiger partial charge in [-0.2, -0.15) is 26.3 Å². The van der Waals surface area contributed by atoms with Crippen LogP contribution < -0.4 is 5.32 Å². The number of hydrogen-bond donors (Lipinski definition) is 2. The van der Waals surface area contributed by atoms with E-state index in [0.717, 1.165) is 36.4 Å². The Labute approximate surface area is 154 Å². The fourth-order valence-electron chi connectivity index (χ4n) is 2.43. The Morgan fingerprint density at radius 3 is 1.96 bits per heavy atom. The second-order valence-electron chi connectivity index (χ2n) is 5.81. The molecule has 0 heterocycles. The van der Waals surface area contributed by atoms with Crippen LogP contribution in [0.15, 0.2) is 48.5 Å².